The van der Waals surface area contributed by atoms with Gasteiger partial charge in [0.05, 0.1) is 19.1 Å². The molecule has 1 aromatic heterocycles. The molecule has 10 nitrogen and oxygen atoms in total. The highest BCUT2D eigenvalue weighted by molar-refractivity contribution is 5.91. The molecule has 0 bridgehead atoms. The highest BCUT2D eigenvalue weighted by Crippen LogP contribution is 2.08. The number of hydrogen-bond acceptors (Lipinski definition) is 7. The molecule has 0 aliphatic carbocycles. The van der Waals surface area contributed by atoms with Crippen LogP contribution in [0.1, 0.15) is 19.6 Å². The molecule has 12 heteroatoms. The third-order valence-electron chi connectivity index (χ3n) is 4.42. The fraction of sp³-hybridized carbons (Fsp3) is 0.647. The molecule has 4 N–H and O–H groups in total. The van der Waals surface area contributed by atoms with Gasteiger partial charge in [-0.2, -0.15) is 0 Å². The number of amides is 3. The number of nitrogens with one attached hydrogen (secondary N) is 2. The minimum absolute atomic E-state index is 0. The van der Waals surface area contributed by atoms with Crippen molar-refractivity contribution in [1.82, 2.24) is 20.3 Å². The van der Waals surface area contributed by atoms with Crippen molar-refractivity contribution >= 4 is 48.4 Å². The molecule has 1 fully saturated rings. The molecule has 3 amide bonds. The molecule has 1 aliphatic rings. The van der Waals surface area contributed by atoms with E-state index in [1.165, 1.54) is 0 Å². The summed E-state index contributed by atoms with van der Waals surface area (Å²) in [6.45, 7) is 7.77. The van der Waals surface area contributed by atoms with Gasteiger partial charge in [-0.15, -0.1) is 24.8 Å². The van der Waals surface area contributed by atoms with Crippen LogP contribution in [-0.4, -0.2) is 78.0 Å². The molecule has 0 saturated carbocycles. The van der Waals surface area contributed by atoms with Crippen molar-refractivity contribution in [1.29, 1.82) is 0 Å². The van der Waals surface area contributed by atoms with Gasteiger partial charge >= 0.3 is 0 Å². The zero-order valence-electron chi connectivity index (χ0n) is 16.8. The van der Waals surface area contributed by atoms with E-state index in [1.54, 1.807) is 17.9 Å². The van der Waals surface area contributed by atoms with Gasteiger partial charge in [0.25, 0.3) is 0 Å². The predicted octanol–water partition coefficient (Wildman–Crippen LogP) is 0.00882. The van der Waals surface area contributed by atoms with Gasteiger partial charge in [0.1, 0.15) is 5.76 Å². The Hall–Kier alpha value is -1.88. The first-order valence-corrected chi connectivity index (χ1v) is 9.03. The smallest absolute Gasteiger partial charge is 0.242 e. The fourth-order valence-corrected chi connectivity index (χ4v) is 2.66. The molecule has 0 aromatic carbocycles. The minimum atomic E-state index is -0.623. The van der Waals surface area contributed by atoms with E-state index in [-0.39, 0.29) is 61.5 Å². The average Bonchev–Trinajstić information content (AvgIpc) is 3.03. The van der Waals surface area contributed by atoms with Gasteiger partial charge in [-0.05, 0) is 12.8 Å². The van der Waals surface area contributed by atoms with Gasteiger partial charge in [0.2, 0.25) is 17.7 Å². The second kappa shape index (κ2) is 12.6. The number of hydrogen-bond donors (Lipinski definition) is 3. The summed E-state index contributed by atoms with van der Waals surface area (Å²) in [6.07, 6.45) is 0. The first-order chi connectivity index (χ1) is 12.8. The van der Waals surface area contributed by atoms with Crippen LogP contribution in [-0.2, 0) is 14.4 Å². The van der Waals surface area contributed by atoms with Gasteiger partial charge in [-0.1, -0.05) is 19.0 Å². The van der Waals surface area contributed by atoms with Crippen LogP contribution in [0.2, 0.25) is 0 Å². The largest absolute Gasteiger partial charge is 0.360 e. The molecule has 29 heavy (non-hydrogen) atoms. The fourth-order valence-electron chi connectivity index (χ4n) is 2.66. The summed E-state index contributed by atoms with van der Waals surface area (Å²) >= 11 is 0. The number of anilines is 1. The van der Waals surface area contributed by atoms with E-state index in [4.69, 9.17) is 10.3 Å². The van der Waals surface area contributed by atoms with Crippen LogP contribution in [0.3, 0.4) is 0 Å². The first-order valence-electron chi connectivity index (χ1n) is 9.03. The van der Waals surface area contributed by atoms with Crippen LogP contribution in [0.25, 0.3) is 0 Å². The molecular formula is C17H30Cl2N6O4. The van der Waals surface area contributed by atoms with Crippen molar-refractivity contribution in [2.24, 2.45) is 11.7 Å². The molecule has 1 atom stereocenters. The van der Waals surface area contributed by atoms with E-state index in [0.29, 0.717) is 37.8 Å². The monoisotopic (exact) mass is 452 g/mol. The van der Waals surface area contributed by atoms with E-state index in [0.717, 1.165) is 0 Å². The second-order valence-electron chi connectivity index (χ2n) is 7.02. The summed E-state index contributed by atoms with van der Waals surface area (Å²) in [7, 11) is 0. The summed E-state index contributed by atoms with van der Waals surface area (Å²) in [6, 6.07) is 1.02. The Balaban J connectivity index is 0.00000392. The van der Waals surface area contributed by atoms with Crippen LogP contribution in [0, 0.1) is 12.8 Å². The minimum Gasteiger partial charge on any atom is -0.360 e. The van der Waals surface area contributed by atoms with Crippen molar-refractivity contribution in [2.75, 3.05) is 44.6 Å². The maximum atomic E-state index is 12.2. The van der Waals surface area contributed by atoms with Crippen LogP contribution >= 0.6 is 24.8 Å². The average molecular weight is 453 g/mol. The first kappa shape index (κ1) is 27.1. The molecule has 166 valence electrons. The molecule has 0 unspecified atom stereocenters. The summed E-state index contributed by atoms with van der Waals surface area (Å²) < 4.78 is 4.90. The standard InChI is InChI=1S/C17H28N6O4.2ClH/c1-11(2)16(18)17(26)19-9-15(25)23-6-4-22(5-7-23)10-14(24)20-13-8-12(3)27-21-13;;/h8,11,16H,4-7,9-10,18H2,1-3H3,(H,19,26)(H,20,21,24);2*1H/t16-;;/m0../s1. The highest BCUT2D eigenvalue weighted by atomic mass is 35.5. The number of aryl methyl sites for hydroxylation is 1. The van der Waals surface area contributed by atoms with Gasteiger partial charge in [0.15, 0.2) is 5.82 Å². The lowest BCUT2D eigenvalue weighted by atomic mass is 10.1. The van der Waals surface area contributed by atoms with Gasteiger partial charge in [-0.25, -0.2) is 0 Å². The van der Waals surface area contributed by atoms with E-state index in [1.807, 2.05) is 18.7 Å². The summed E-state index contributed by atoms with van der Waals surface area (Å²) in [4.78, 5) is 39.7. The van der Waals surface area contributed by atoms with Crippen molar-refractivity contribution in [2.45, 2.75) is 26.8 Å². The van der Waals surface area contributed by atoms with Crippen molar-refractivity contribution in [3.8, 4) is 0 Å². The van der Waals surface area contributed by atoms with Crippen molar-refractivity contribution < 1.29 is 18.9 Å². The SMILES string of the molecule is Cc1cc(NC(=O)CN2CCN(C(=O)CNC(=O)[C@@H](N)C(C)C)CC2)no1.Cl.Cl. The quantitative estimate of drug-likeness (QED) is 0.530. The normalized spacial score (nSPS) is 15.1. The van der Waals surface area contributed by atoms with E-state index < -0.39 is 6.04 Å². The molecular weight excluding hydrogens is 423 g/mol. The highest BCUT2D eigenvalue weighted by Gasteiger charge is 2.24. The summed E-state index contributed by atoms with van der Waals surface area (Å²) in [5, 5.41) is 8.98. The lowest BCUT2D eigenvalue weighted by molar-refractivity contribution is -0.135. The maximum Gasteiger partial charge on any atom is 0.242 e. The van der Waals surface area contributed by atoms with Crippen LogP contribution < -0.4 is 16.4 Å². The molecule has 2 heterocycles. The van der Waals surface area contributed by atoms with E-state index in [9.17, 15) is 14.4 Å². The Kier molecular flexibility index (Phi) is 11.8. The van der Waals surface area contributed by atoms with E-state index >= 15 is 0 Å². The van der Waals surface area contributed by atoms with Gasteiger partial charge < -0.3 is 25.8 Å². The molecule has 0 spiro atoms. The Morgan fingerprint density at radius 2 is 1.83 bits per heavy atom. The Labute approximate surface area is 182 Å². The second-order valence-corrected chi connectivity index (χ2v) is 7.02. The number of rotatable bonds is 7. The van der Waals surface area contributed by atoms with Crippen molar-refractivity contribution in [3.63, 3.8) is 0 Å². The molecule has 2 rings (SSSR count). The number of nitrogens with zero attached hydrogens (tertiary/aromatic N) is 3. The lowest BCUT2D eigenvalue weighted by Gasteiger charge is -2.34. The van der Waals surface area contributed by atoms with Gasteiger partial charge in [0, 0.05) is 32.2 Å². The summed E-state index contributed by atoms with van der Waals surface area (Å²) in [5.74, 6) is 0.368. The molecule has 1 aliphatic heterocycles. The number of carbonyl (C=O) groups is 3. The molecule has 1 aromatic rings. The Bertz CT molecular complexity index is 677. The van der Waals surface area contributed by atoms with Gasteiger partial charge in [-0.3, -0.25) is 19.3 Å². The van der Waals surface area contributed by atoms with Crippen LogP contribution in [0.4, 0.5) is 5.82 Å². The Morgan fingerprint density at radius 3 is 2.34 bits per heavy atom. The number of carbonyl (C=O) groups excluding carboxylic acids is 3. The number of aromatic nitrogens is 1. The third-order valence-corrected chi connectivity index (χ3v) is 4.42. The Morgan fingerprint density at radius 1 is 1.21 bits per heavy atom. The lowest BCUT2D eigenvalue weighted by Crippen LogP contribution is -2.53. The molecule has 1 saturated heterocycles. The van der Waals surface area contributed by atoms with E-state index in [2.05, 4.69) is 15.8 Å². The molecule has 0 radical (unpaired) electrons. The maximum absolute atomic E-state index is 12.2. The summed E-state index contributed by atoms with van der Waals surface area (Å²) in [5.41, 5.74) is 5.75. The zero-order valence-corrected chi connectivity index (χ0v) is 18.5. The number of nitrogens with two attached hydrogens (primary N) is 1. The van der Waals surface area contributed by atoms with Crippen LogP contribution in [0.5, 0.6) is 0 Å². The topological polar surface area (TPSA) is 134 Å². The van der Waals surface area contributed by atoms with Crippen molar-refractivity contribution in [3.05, 3.63) is 11.8 Å². The predicted molar refractivity (Wildman–Crippen MR) is 113 cm³/mol. The van der Waals surface area contributed by atoms with Crippen LogP contribution in [0.15, 0.2) is 10.6 Å². The number of piperazine rings is 1. The number of halogens is 2. The zero-order chi connectivity index (χ0) is 20.0. The third kappa shape index (κ3) is 8.57.